The number of hydrogen-bond acceptors (Lipinski definition) is 2. The molecule has 0 aliphatic heterocycles. The van der Waals surface area contributed by atoms with Crippen LogP contribution in [0, 0.1) is 0 Å². The van der Waals surface area contributed by atoms with E-state index in [4.69, 9.17) is 0 Å². The lowest BCUT2D eigenvalue weighted by Gasteiger charge is -2.29. The highest BCUT2D eigenvalue weighted by Crippen LogP contribution is 2.49. The van der Waals surface area contributed by atoms with E-state index in [1.807, 2.05) is 11.3 Å². The van der Waals surface area contributed by atoms with Gasteiger partial charge in [-0.3, -0.25) is 0 Å². The Morgan fingerprint density at radius 1 is 0.290 bits per heavy atom. The second-order valence-corrected chi connectivity index (χ2v) is 19.1. The van der Waals surface area contributed by atoms with Crippen molar-refractivity contribution in [3.05, 3.63) is 255 Å². The second kappa shape index (κ2) is 16.0. The van der Waals surface area contributed by atoms with Gasteiger partial charge >= 0.3 is 0 Å². The van der Waals surface area contributed by atoms with E-state index >= 15 is 0 Å². The molecule has 3 heteroatoms. The summed E-state index contributed by atoms with van der Waals surface area (Å²) in [6.45, 7) is 0. The molecule has 0 unspecified atom stereocenters. The maximum Gasteiger partial charge on any atom is 0.0562 e. The third kappa shape index (κ3) is 6.39. The highest BCUT2D eigenvalue weighted by atomic mass is 32.1. The monoisotopic (exact) mass is 894 g/mol. The highest BCUT2D eigenvalue weighted by molar-refractivity contribution is 7.26. The topological polar surface area (TPSA) is 8.17 Å². The van der Waals surface area contributed by atoms with Gasteiger partial charge in [-0.25, -0.2) is 0 Å². The Kier molecular flexibility index (Phi) is 9.11. The standard InChI is InChI=1S/C66H42N2S/c1-3-16-43(17-4-1)45-30-34-47(35-31-45)67(48-36-32-46(33-37-48)44-18-5-2-6-19-44)63-42-64-60(41-61(63)58-27-15-26-57-56-25-12-14-29-65(56)69-66(57)58)55-24-11-13-28-62(55)68(64)49-38-39-54-52-22-8-7-20-50(52)51-21-9-10-23-53(51)59(54)40-49/h1-42H. The van der Waals surface area contributed by atoms with Crippen molar-refractivity contribution in [1.82, 2.24) is 4.57 Å². The minimum absolute atomic E-state index is 1.08. The van der Waals surface area contributed by atoms with Gasteiger partial charge in [0.15, 0.2) is 0 Å². The number of thiophene rings is 1. The summed E-state index contributed by atoms with van der Waals surface area (Å²) in [5.74, 6) is 0. The first-order chi connectivity index (χ1) is 34.2. The summed E-state index contributed by atoms with van der Waals surface area (Å²) < 4.78 is 5.08. The van der Waals surface area contributed by atoms with Crippen LogP contribution in [0.4, 0.5) is 17.1 Å². The molecule has 12 aromatic carbocycles. The Bertz CT molecular complexity index is 4160. The van der Waals surface area contributed by atoms with E-state index < -0.39 is 0 Å². The molecule has 0 radical (unpaired) electrons. The predicted molar refractivity (Wildman–Crippen MR) is 297 cm³/mol. The quantitative estimate of drug-likeness (QED) is 0.145. The smallest absolute Gasteiger partial charge is 0.0562 e. The Labute approximate surface area is 403 Å². The lowest BCUT2D eigenvalue weighted by atomic mass is 9.94. The zero-order chi connectivity index (χ0) is 45.4. The highest BCUT2D eigenvalue weighted by Gasteiger charge is 2.24. The number of fused-ring (bicyclic) bond motifs is 12. The van der Waals surface area contributed by atoms with Gasteiger partial charge in [0.05, 0.1) is 16.7 Å². The fourth-order valence-electron chi connectivity index (χ4n) is 11.0. The Balaban J connectivity index is 1.08. The van der Waals surface area contributed by atoms with Crippen LogP contribution in [0.2, 0.25) is 0 Å². The SMILES string of the molecule is c1ccc(-c2ccc(N(c3ccc(-c4ccccc4)cc3)c3cc4c(cc3-c3cccc5c3sc3ccccc35)c3ccccc3n4-c3ccc4c5ccccc5c5ccccc5c4c3)cc2)cc1. The number of anilines is 3. The lowest BCUT2D eigenvalue weighted by Crippen LogP contribution is -2.11. The van der Waals surface area contributed by atoms with Gasteiger partial charge in [-0.2, -0.15) is 0 Å². The predicted octanol–water partition coefficient (Wildman–Crippen LogP) is 19.1. The molecule has 0 aliphatic rings. The molecule has 0 bridgehead atoms. The molecule has 0 fully saturated rings. The van der Waals surface area contributed by atoms with E-state index in [1.165, 1.54) is 102 Å². The fourth-order valence-corrected chi connectivity index (χ4v) is 12.2. The van der Waals surface area contributed by atoms with Crippen molar-refractivity contribution in [2.75, 3.05) is 4.90 Å². The minimum Gasteiger partial charge on any atom is -0.310 e. The van der Waals surface area contributed by atoms with E-state index in [9.17, 15) is 0 Å². The number of rotatable bonds is 7. The maximum absolute atomic E-state index is 2.50. The van der Waals surface area contributed by atoms with Crippen molar-refractivity contribution in [3.63, 3.8) is 0 Å². The zero-order valence-corrected chi connectivity index (χ0v) is 38.4. The van der Waals surface area contributed by atoms with E-state index in [0.717, 1.165) is 28.3 Å². The third-order valence-corrected chi connectivity index (χ3v) is 15.4. The van der Waals surface area contributed by atoms with Crippen LogP contribution in [0.5, 0.6) is 0 Å². The van der Waals surface area contributed by atoms with E-state index in [-0.39, 0.29) is 0 Å². The molecule has 0 saturated heterocycles. The zero-order valence-electron chi connectivity index (χ0n) is 37.6. The summed E-state index contributed by atoms with van der Waals surface area (Å²) in [4.78, 5) is 2.48. The van der Waals surface area contributed by atoms with Crippen LogP contribution >= 0.6 is 11.3 Å². The maximum atomic E-state index is 2.50. The molecule has 0 atom stereocenters. The van der Waals surface area contributed by atoms with Gasteiger partial charge in [-0.05, 0) is 115 Å². The number of nitrogens with zero attached hydrogens (tertiary/aromatic N) is 2. The summed E-state index contributed by atoms with van der Waals surface area (Å²) in [5, 5.41) is 12.6. The van der Waals surface area contributed by atoms with Crippen LogP contribution < -0.4 is 4.90 Å². The second-order valence-electron chi connectivity index (χ2n) is 18.0. The molecule has 14 rings (SSSR count). The normalized spacial score (nSPS) is 11.8. The summed E-state index contributed by atoms with van der Waals surface area (Å²) in [6.07, 6.45) is 0. The number of para-hydroxylation sites is 1. The molecule has 0 N–H and O–H groups in total. The Morgan fingerprint density at radius 3 is 1.41 bits per heavy atom. The first-order valence-corrected chi connectivity index (χ1v) is 24.5. The first kappa shape index (κ1) is 39.4. The van der Waals surface area contributed by atoms with Gasteiger partial charge in [0.2, 0.25) is 0 Å². The lowest BCUT2D eigenvalue weighted by molar-refractivity contribution is 1.18. The summed E-state index contributed by atoms with van der Waals surface area (Å²) >= 11 is 1.88. The molecule has 0 spiro atoms. The number of hydrogen-bond donors (Lipinski definition) is 0. The average Bonchev–Trinajstić information content (AvgIpc) is 3.97. The van der Waals surface area contributed by atoms with Crippen molar-refractivity contribution in [2.24, 2.45) is 0 Å². The van der Waals surface area contributed by atoms with Crippen LogP contribution in [0.15, 0.2) is 255 Å². The van der Waals surface area contributed by atoms with E-state index in [2.05, 4.69) is 264 Å². The van der Waals surface area contributed by atoms with Gasteiger partial charge in [0.1, 0.15) is 0 Å². The van der Waals surface area contributed by atoms with Crippen LogP contribution in [0.25, 0.3) is 113 Å². The van der Waals surface area contributed by atoms with Crippen molar-refractivity contribution < 1.29 is 0 Å². The molecule has 14 aromatic rings. The summed E-state index contributed by atoms with van der Waals surface area (Å²) in [7, 11) is 0. The van der Waals surface area contributed by atoms with Crippen LogP contribution in [-0.4, -0.2) is 4.57 Å². The molecule has 69 heavy (non-hydrogen) atoms. The molecule has 322 valence electrons. The number of benzene rings is 12. The molecular weight excluding hydrogens is 853 g/mol. The Hall–Kier alpha value is -8.76. The van der Waals surface area contributed by atoms with E-state index in [0.29, 0.717) is 0 Å². The van der Waals surface area contributed by atoms with Gasteiger partial charge in [-0.1, -0.05) is 194 Å². The fraction of sp³-hybridized carbons (Fsp3) is 0. The minimum atomic E-state index is 1.08. The molecule has 2 aromatic heterocycles. The molecule has 2 nitrogen and oxygen atoms in total. The van der Waals surface area contributed by atoms with Crippen molar-refractivity contribution in [3.8, 4) is 39.1 Å². The van der Waals surface area contributed by atoms with Gasteiger partial charge in [-0.15, -0.1) is 11.3 Å². The van der Waals surface area contributed by atoms with Crippen molar-refractivity contribution in [2.45, 2.75) is 0 Å². The number of aromatic nitrogens is 1. The van der Waals surface area contributed by atoms with Gasteiger partial charge in [0, 0.05) is 59.1 Å². The van der Waals surface area contributed by atoms with Crippen LogP contribution in [0.3, 0.4) is 0 Å². The van der Waals surface area contributed by atoms with Gasteiger partial charge in [0.25, 0.3) is 0 Å². The molecule has 0 amide bonds. The van der Waals surface area contributed by atoms with E-state index in [1.54, 1.807) is 0 Å². The molecular formula is C66H42N2S. The van der Waals surface area contributed by atoms with Crippen molar-refractivity contribution in [1.29, 1.82) is 0 Å². The largest absolute Gasteiger partial charge is 0.310 e. The first-order valence-electron chi connectivity index (χ1n) is 23.7. The summed E-state index contributed by atoms with van der Waals surface area (Å²) in [5.41, 5.74) is 13.9. The van der Waals surface area contributed by atoms with Crippen molar-refractivity contribution >= 4 is 103 Å². The molecule has 0 saturated carbocycles. The summed E-state index contributed by atoms with van der Waals surface area (Å²) in [6, 6.07) is 93.9. The Morgan fingerprint density at radius 2 is 0.783 bits per heavy atom. The molecule has 0 aliphatic carbocycles. The molecule has 2 heterocycles. The third-order valence-electron chi connectivity index (χ3n) is 14.2. The van der Waals surface area contributed by atoms with Crippen LogP contribution in [-0.2, 0) is 0 Å². The van der Waals surface area contributed by atoms with Gasteiger partial charge < -0.3 is 9.47 Å². The average molecular weight is 895 g/mol. The van der Waals surface area contributed by atoms with Crippen LogP contribution in [0.1, 0.15) is 0 Å².